The van der Waals surface area contributed by atoms with Gasteiger partial charge < -0.3 is 10.5 Å². The second kappa shape index (κ2) is 2.23. The molecule has 1 aromatic rings. The number of nitrogens with zero attached hydrogens (tertiary/aromatic N) is 2. The molecule has 0 aliphatic carbocycles. The number of rotatable bonds is 1. The van der Waals surface area contributed by atoms with E-state index < -0.39 is 0 Å². The van der Waals surface area contributed by atoms with Crippen LogP contribution in [0.2, 0.25) is 0 Å². The number of ether oxygens (including phenoxy) is 1. The zero-order valence-electron chi connectivity index (χ0n) is 7.37. The summed E-state index contributed by atoms with van der Waals surface area (Å²) in [6, 6.07) is 1.92. The lowest BCUT2D eigenvalue weighted by atomic mass is 9.85. The van der Waals surface area contributed by atoms with Crippen molar-refractivity contribution in [1.29, 1.82) is 0 Å². The van der Waals surface area contributed by atoms with Crippen LogP contribution >= 0.6 is 0 Å². The molecule has 0 atom stereocenters. The summed E-state index contributed by atoms with van der Waals surface area (Å²) in [5.41, 5.74) is 6.87. The van der Waals surface area contributed by atoms with Gasteiger partial charge in [-0.05, 0) is 6.92 Å². The molecule has 0 saturated carbocycles. The minimum atomic E-state index is 0.124. The predicted molar refractivity (Wildman–Crippen MR) is 45.8 cm³/mol. The van der Waals surface area contributed by atoms with E-state index in [2.05, 4.69) is 12.0 Å². The molecule has 0 amide bonds. The quantitative estimate of drug-likeness (QED) is 0.654. The Balaban J connectivity index is 2.38. The van der Waals surface area contributed by atoms with Gasteiger partial charge in [0.25, 0.3) is 0 Å². The van der Waals surface area contributed by atoms with Crippen molar-refractivity contribution in [2.24, 2.45) is 7.05 Å². The molecule has 0 aromatic carbocycles. The molecule has 0 bridgehead atoms. The van der Waals surface area contributed by atoms with E-state index in [4.69, 9.17) is 10.5 Å². The third kappa shape index (κ3) is 0.914. The number of aryl methyl sites for hydroxylation is 1. The van der Waals surface area contributed by atoms with Crippen molar-refractivity contribution in [3.8, 4) is 0 Å². The molecule has 2 heterocycles. The Kier molecular flexibility index (Phi) is 1.41. The molecular weight excluding hydrogens is 154 g/mol. The molecule has 1 saturated heterocycles. The van der Waals surface area contributed by atoms with E-state index >= 15 is 0 Å². The second-order valence-electron chi connectivity index (χ2n) is 3.63. The smallest absolute Gasteiger partial charge is 0.145 e. The SMILES string of the molecule is Cn1nc(N)cc1C1(C)COC1. The van der Waals surface area contributed by atoms with Crippen LogP contribution in [-0.4, -0.2) is 23.0 Å². The van der Waals surface area contributed by atoms with E-state index in [0.29, 0.717) is 5.82 Å². The lowest BCUT2D eigenvalue weighted by Crippen LogP contribution is -2.45. The van der Waals surface area contributed by atoms with E-state index in [0.717, 1.165) is 18.9 Å². The van der Waals surface area contributed by atoms with Crippen molar-refractivity contribution in [3.63, 3.8) is 0 Å². The average molecular weight is 167 g/mol. The van der Waals surface area contributed by atoms with Crippen molar-refractivity contribution in [3.05, 3.63) is 11.8 Å². The standard InChI is InChI=1S/C8H13N3O/c1-8(4-12-5-8)6-3-7(9)10-11(6)2/h3H,4-5H2,1-2H3,(H2,9,10). The number of anilines is 1. The molecular formula is C8H13N3O. The zero-order valence-corrected chi connectivity index (χ0v) is 7.37. The van der Waals surface area contributed by atoms with Gasteiger partial charge >= 0.3 is 0 Å². The topological polar surface area (TPSA) is 53.1 Å². The summed E-state index contributed by atoms with van der Waals surface area (Å²) >= 11 is 0. The molecule has 0 spiro atoms. The summed E-state index contributed by atoms with van der Waals surface area (Å²) < 4.78 is 7.01. The first-order valence-corrected chi connectivity index (χ1v) is 3.99. The Morgan fingerprint density at radius 1 is 1.67 bits per heavy atom. The second-order valence-corrected chi connectivity index (χ2v) is 3.63. The molecule has 1 aromatic heterocycles. The zero-order chi connectivity index (χ0) is 8.77. The van der Waals surface area contributed by atoms with Gasteiger partial charge in [-0.2, -0.15) is 5.10 Å². The fraction of sp³-hybridized carbons (Fsp3) is 0.625. The Hall–Kier alpha value is -1.03. The Morgan fingerprint density at radius 2 is 2.33 bits per heavy atom. The number of aromatic nitrogens is 2. The largest absolute Gasteiger partial charge is 0.382 e. The number of hydrogen-bond acceptors (Lipinski definition) is 3. The lowest BCUT2D eigenvalue weighted by molar-refractivity contribution is -0.0537. The van der Waals surface area contributed by atoms with Crippen LogP contribution in [0.5, 0.6) is 0 Å². The van der Waals surface area contributed by atoms with Gasteiger partial charge in [-0.15, -0.1) is 0 Å². The number of hydrogen-bond donors (Lipinski definition) is 1. The van der Waals surface area contributed by atoms with Crippen molar-refractivity contribution >= 4 is 5.82 Å². The average Bonchev–Trinajstić information content (AvgIpc) is 2.25. The van der Waals surface area contributed by atoms with E-state index in [1.165, 1.54) is 0 Å². The lowest BCUT2D eigenvalue weighted by Gasteiger charge is -2.37. The van der Waals surface area contributed by atoms with Gasteiger partial charge in [0.15, 0.2) is 0 Å². The van der Waals surface area contributed by atoms with Crippen LogP contribution in [-0.2, 0) is 17.2 Å². The van der Waals surface area contributed by atoms with Gasteiger partial charge in [-0.25, -0.2) is 0 Å². The first-order chi connectivity index (χ1) is 5.62. The third-order valence-electron chi connectivity index (χ3n) is 2.36. The molecule has 1 fully saturated rings. The fourth-order valence-corrected chi connectivity index (χ4v) is 1.61. The molecule has 1 aliphatic rings. The highest BCUT2D eigenvalue weighted by atomic mass is 16.5. The minimum absolute atomic E-state index is 0.124. The van der Waals surface area contributed by atoms with Crippen LogP contribution in [0, 0.1) is 0 Å². The van der Waals surface area contributed by atoms with Gasteiger partial charge in [-0.3, -0.25) is 4.68 Å². The Morgan fingerprint density at radius 3 is 2.67 bits per heavy atom. The van der Waals surface area contributed by atoms with Gasteiger partial charge in [0.05, 0.1) is 24.3 Å². The maximum absolute atomic E-state index is 5.58. The number of nitrogens with two attached hydrogens (primary N) is 1. The minimum Gasteiger partial charge on any atom is -0.382 e. The molecule has 2 rings (SSSR count). The summed E-state index contributed by atoms with van der Waals surface area (Å²) in [5.74, 6) is 0.584. The fourth-order valence-electron chi connectivity index (χ4n) is 1.61. The van der Waals surface area contributed by atoms with Crippen molar-refractivity contribution < 1.29 is 4.74 Å². The van der Waals surface area contributed by atoms with Crippen LogP contribution < -0.4 is 5.73 Å². The van der Waals surface area contributed by atoms with Gasteiger partial charge in [-0.1, -0.05) is 0 Å². The molecule has 0 unspecified atom stereocenters. The highest BCUT2D eigenvalue weighted by molar-refractivity contribution is 5.34. The highest BCUT2D eigenvalue weighted by Gasteiger charge is 2.37. The van der Waals surface area contributed by atoms with Crippen LogP contribution in [0.1, 0.15) is 12.6 Å². The highest BCUT2D eigenvalue weighted by Crippen LogP contribution is 2.31. The van der Waals surface area contributed by atoms with E-state index in [1.54, 1.807) is 0 Å². The first kappa shape index (κ1) is 7.61. The Bertz CT molecular complexity index is 301. The summed E-state index contributed by atoms with van der Waals surface area (Å²) in [7, 11) is 1.91. The maximum Gasteiger partial charge on any atom is 0.145 e. The molecule has 12 heavy (non-hydrogen) atoms. The monoisotopic (exact) mass is 167 g/mol. The van der Waals surface area contributed by atoms with E-state index in [1.807, 2.05) is 17.8 Å². The Labute approximate surface area is 71.3 Å². The molecule has 4 heteroatoms. The first-order valence-electron chi connectivity index (χ1n) is 3.99. The summed E-state index contributed by atoms with van der Waals surface area (Å²) in [6.45, 7) is 3.70. The molecule has 2 N–H and O–H groups in total. The third-order valence-corrected chi connectivity index (χ3v) is 2.36. The number of nitrogen functional groups attached to an aromatic ring is 1. The van der Waals surface area contributed by atoms with Crippen LogP contribution in [0.15, 0.2) is 6.07 Å². The van der Waals surface area contributed by atoms with Gasteiger partial charge in [0.1, 0.15) is 5.82 Å². The van der Waals surface area contributed by atoms with Crippen LogP contribution in [0.4, 0.5) is 5.82 Å². The van der Waals surface area contributed by atoms with Crippen LogP contribution in [0.3, 0.4) is 0 Å². The van der Waals surface area contributed by atoms with Crippen molar-refractivity contribution in [2.75, 3.05) is 18.9 Å². The normalized spacial score (nSPS) is 20.5. The molecule has 0 radical (unpaired) electrons. The van der Waals surface area contributed by atoms with Crippen LogP contribution in [0.25, 0.3) is 0 Å². The predicted octanol–water partition coefficient (Wildman–Crippen LogP) is 0.290. The molecule has 4 nitrogen and oxygen atoms in total. The van der Waals surface area contributed by atoms with E-state index in [-0.39, 0.29) is 5.41 Å². The van der Waals surface area contributed by atoms with Crippen molar-refractivity contribution in [2.45, 2.75) is 12.3 Å². The van der Waals surface area contributed by atoms with Gasteiger partial charge in [0, 0.05) is 13.1 Å². The summed E-state index contributed by atoms with van der Waals surface area (Å²) in [5, 5.41) is 4.10. The summed E-state index contributed by atoms with van der Waals surface area (Å²) in [4.78, 5) is 0. The molecule has 1 aliphatic heterocycles. The van der Waals surface area contributed by atoms with Crippen molar-refractivity contribution in [1.82, 2.24) is 9.78 Å². The summed E-state index contributed by atoms with van der Waals surface area (Å²) in [6.07, 6.45) is 0. The maximum atomic E-state index is 5.58. The van der Waals surface area contributed by atoms with Gasteiger partial charge in [0.2, 0.25) is 0 Å². The molecule has 66 valence electrons. The van der Waals surface area contributed by atoms with E-state index in [9.17, 15) is 0 Å².